The summed E-state index contributed by atoms with van der Waals surface area (Å²) in [5.41, 5.74) is -3.16. The van der Waals surface area contributed by atoms with Gasteiger partial charge in [0.15, 0.2) is 17.4 Å². The highest BCUT2D eigenvalue weighted by Gasteiger charge is 2.41. The number of carboxylic acid groups (broad SMARTS) is 1. The number of phenols is 1. The highest BCUT2D eigenvalue weighted by molar-refractivity contribution is 5.95. The molecule has 2 N–H and O–H groups in total. The van der Waals surface area contributed by atoms with Crippen molar-refractivity contribution in [1.29, 1.82) is 0 Å². The monoisotopic (exact) mass is 317 g/mol. The molecule has 2 aromatic rings. The maximum absolute atomic E-state index is 14.0. The molecule has 1 fully saturated rings. The maximum Gasteiger partial charge on any atom is 0.341 e. The van der Waals surface area contributed by atoms with E-state index in [1.807, 2.05) is 0 Å². The molecule has 1 aliphatic carbocycles. The molecule has 0 unspecified atom stereocenters. The van der Waals surface area contributed by atoms with Crippen molar-refractivity contribution < 1.29 is 32.6 Å². The van der Waals surface area contributed by atoms with Gasteiger partial charge in [-0.15, -0.1) is 0 Å². The number of rotatable bonds is 2. The van der Waals surface area contributed by atoms with Crippen LogP contribution in [0.3, 0.4) is 0 Å². The lowest BCUT2D eigenvalue weighted by Crippen LogP contribution is -2.20. The van der Waals surface area contributed by atoms with E-state index in [1.165, 1.54) is 0 Å². The molecule has 1 aromatic heterocycles. The number of phenolic OH excluding ortho intramolecular Hbond substituents is 1. The Balaban J connectivity index is 2.56. The van der Waals surface area contributed by atoms with Gasteiger partial charge in [0.25, 0.3) is 0 Å². The Kier molecular flexibility index (Phi) is 2.91. The van der Waals surface area contributed by atoms with Gasteiger partial charge in [-0.2, -0.15) is 4.39 Å². The molecule has 5 nitrogen and oxygen atoms in total. The number of halogens is 4. The Morgan fingerprint density at radius 1 is 1.23 bits per heavy atom. The Morgan fingerprint density at radius 2 is 1.82 bits per heavy atom. The molecule has 3 rings (SSSR count). The summed E-state index contributed by atoms with van der Waals surface area (Å²) < 4.78 is 54.8. The average Bonchev–Trinajstić information content (AvgIpc) is 3.18. The van der Waals surface area contributed by atoms with Crippen molar-refractivity contribution in [3.63, 3.8) is 0 Å². The summed E-state index contributed by atoms with van der Waals surface area (Å²) in [6.45, 7) is 0. The van der Waals surface area contributed by atoms with Crippen molar-refractivity contribution in [2.75, 3.05) is 0 Å². The third-order valence-corrected chi connectivity index (χ3v) is 3.54. The molecule has 0 amide bonds. The van der Waals surface area contributed by atoms with Crippen LogP contribution in [0.2, 0.25) is 0 Å². The quantitative estimate of drug-likeness (QED) is 0.657. The molecule has 22 heavy (non-hydrogen) atoms. The number of aromatic hydroxyl groups is 1. The molecule has 116 valence electrons. The van der Waals surface area contributed by atoms with Crippen LogP contribution in [0.5, 0.6) is 5.75 Å². The molecule has 0 bridgehead atoms. The number of benzene rings is 1. The van der Waals surface area contributed by atoms with Crippen LogP contribution in [-0.4, -0.2) is 26.9 Å². The van der Waals surface area contributed by atoms with Crippen molar-refractivity contribution >= 4 is 16.9 Å². The molecule has 0 aliphatic heterocycles. The van der Waals surface area contributed by atoms with Crippen LogP contribution in [0.1, 0.15) is 22.8 Å². The van der Waals surface area contributed by atoms with Gasteiger partial charge in [0.2, 0.25) is 11.2 Å². The van der Waals surface area contributed by atoms with Crippen LogP contribution in [-0.2, 0) is 0 Å². The SMILES string of the molecule is O=C(O)c1cn([C@@H]2C[C@@H]2F)c2c(F)c(F)c(F)c(O)c2c1=O. The number of hydrogen-bond acceptors (Lipinski definition) is 3. The zero-order chi connectivity index (χ0) is 16.3. The Hall–Kier alpha value is -2.58. The van der Waals surface area contributed by atoms with Gasteiger partial charge in [0.1, 0.15) is 11.7 Å². The fourth-order valence-corrected chi connectivity index (χ4v) is 2.34. The minimum absolute atomic E-state index is 0.101. The topological polar surface area (TPSA) is 79.5 Å². The number of aromatic nitrogens is 1. The van der Waals surface area contributed by atoms with E-state index in [0.29, 0.717) is 10.8 Å². The highest BCUT2D eigenvalue weighted by atomic mass is 19.2. The molecule has 1 aromatic carbocycles. The third-order valence-electron chi connectivity index (χ3n) is 3.54. The van der Waals surface area contributed by atoms with E-state index in [-0.39, 0.29) is 6.42 Å². The van der Waals surface area contributed by atoms with Crippen LogP contribution in [0, 0.1) is 17.5 Å². The van der Waals surface area contributed by atoms with Crippen molar-refractivity contribution in [2.24, 2.45) is 0 Å². The maximum atomic E-state index is 14.0. The van der Waals surface area contributed by atoms with Crippen LogP contribution >= 0.6 is 0 Å². The summed E-state index contributed by atoms with van der Waals surface area (Å²) in [6.07, 6.45) is -0.880. The molecule has 0 radical (unpaired) electrons. The number of aromatic carboxylic acids is 1. The predicted molar refractivity (Wildman–Crippen MR) is 65.3 cm³/mol. The summed E-state index contributed by atoms with van der Waals surface area (Å²) in [4.78, 5) is 23.0. The second-order valence-corrected chi connectivity index (χ2v) is 4.92. The molecular weight excluding hydrogens is 310 g/mol. The van der Waals surface area contributed by atoms with E-state index < -0.39 is 63.3 Å². The second-order valence-electron chi connectivity index (χ2n) is 4.92. The van der Waals surface area contributed by atoms with E-state index in [2.05, 4.69) is 0 Å². The molecule has 1 heterocycles. The van der Waals surface area contributed by atoms with Gasteiger partial charge in [0, 0.05) is 12.6 Å². The number of pyridine rings is 1. The molecule has 1 saturated carbocycles. The minimum Gasteiger partial charge on any atom is -0.504 e. The number of carbonyl (C=O) groups is 1. The lowest BCUT2D eigenvalue weighted by molar-refractivity contribution is 0.0694. The lowest BCUT2D eigenvalue weighted by atomic mass is 10.1. The lowest BCUT2D eigenvalue weighted by Gasteiger charge is -2.14. The van der Waals surface area contributed by atoms with Gasteiger partial charge >= 0.3 is 5.97 Å². The van der Waals surface area contributed by atoms with Gasteiger partial charge in [-0.05, 0) is 0 Å². The molecule has 2 atom stereocenters. The summed E-state index contributed by atoms with van der Waals surface area (Å²) in [6, 6.07) is -1.01. The van der Waals surface area contributed by atoms with E-state index in [4.69, 9.17) is 5.11 Å². The first kappa shape index (κ1) is 14.4. The molecule has 9 heteroatoms. The zero-order valence-electron chi connectivity index (χ0n) is 10.6. The van der Waals surface area contributed by atoms with Gasteiger partial charge in [-0.1, -0.05) is 0 Å². The van der Waals surface area contributed by atoms with Gasteiger partial charge in [-0.25, -0.2) is 18.0 Å². The number of nitrogens with zero attached hydrogens (tertiary/aromatic N) is 1. The third kappa shape index (κ3) is 1.78. The summed E-state index contributed by atoms with van der Waals surface area (Å²) in [7, 11) is 0. The first-order valence-electron chi connectivity index (χ1n) is 6.07. The zero-order valence-corrected chi connectivity index (χ0v) is 10.6. The molecule has 0 spiro atoms. The van der Waals surface area contributed by atoms with Crippen molar-refractivity contribution in [3.8, 4) is 5.75 Å². The molecule has 1 aliphatic rings. The number of alkyl halides is 1. The van der Waals surface area contributed by atoms with Crippen LogP contribution in [0.15, 0.2) is 11.0 Å². The largest absolute Gasteiger partial charge is 0.504 e. The molecule has 0 saturated heterocycles. The molecular formula is C13H7F4NO4. The van der Waals surface area contributed by atoms with Crippen LogP contribution in [0.4, 0.5) is 17.6 Å². The Bertz CT molecular complexity index is 892. The van der Waals surface area contributed by atoms with E-state index >= 15 is 0 Å². The summed E-state index contributed by atoms with van der Waals surface area (Å²) >= 11 is 0. The average molecular weight is 317 g/mol. The predicted octanol–water partition coefficient (Wildman–Crippen LogP) is 2.11. The number of hydrogen-bond donors (Lipinski definition) is 2. The highest BCUT2D eigenvalue weighted by Crippen LogP contribution is 2.42. The Labute approximate surface area is 119 Å². The van der Waals surface area contributed by atoms with Gasteiger partial charge in [0.05, 0.1) is 16.9 Å². The van der Waals surface area contributed by atoms with Crippen molar-refractivity contribution in [3.05, 3.63) is 39.4 Å². The first-order chi connectivity index (χ1) is 10.3. The first-order valence-corrected chi connectivity index (χ1v) is 6.07. The fraction of sp³-hybridized carbons (Fsp3) is 0.231. The van der Waals surface area contributed by atoms with Crippen molar-refractivity contribution in [1.82, 2.24) is 4.57 Å². The van der Waals surface area contributed by atoms with Gasteiger partial charge < -0.3 is 14.8 Å². The normalized spacial score (nSPS) is 20.4. The van der Waals surface area contributed by atoms with Crippen molar-refractivity contribution in [2.45, 2.75) is 18.6 Å². The van der Waals surface area contributed by atoms with Crippen LogP contribution in [0.25, 0.3) is 10.9 Å². The minimum atomic E-state index is -2.03. The Morgan fingerprint density at radius 3 is 2.32 bits per heavy atom. The standard InChI is InChI=1S/C13H7F4NO4/c14-4-1-5(4)18-2-3(13(21)22)11(19)6-10(18)8(16)7(15)9(17)12(6)20/h2,4-5,20H,1H2,(H,21,22)/t4-,5+/m0/s1. The number of carboxylic acids is 1. The smallest absolute Gasteiger partial charge is 0.341 e. The fourth-order valence-electron chi connectivity index (χ4n) is 2.34. The summed E-state index contributed by atoms with van der Waals surface area (Å²) in [5.74, 6) is -9.06. The number of fused-ring (bicyclic) bond motifs is 1. The van der Waals surface area contributed by atoms with E-state index in [9.17, 15) is 32.3 Å². The summed E-state index contributed by atoms with van der Waals surface area (Å²) in [5, 5.41) is 17.5. The second kappa shape index (κ2) is 4.46. The van der Waals surface area contributed by atoms with Crippen LogP contribution < -0.4 is 5.43 Å². The van der Waals surface area contributed by atoms with E-state index in [0.717, 1.165) is 0 Å². The van der Waals surface area contributed by atoms with E-state index in [1.54, 1.807) is 0 Å². The van der Waals surface area contributed by atoms with Gasteiger partial charge in [-0.3, -0.25) is 4.79 Å².